The third-order valence-electron chi connectivity index (χ3n) is 8.97. The number of carbonyl (C=O) groups excluding carboxylic acids is 2. The number of rotatable bonds is 2. The first-order chi connectivity index (χ1) is 12.2. The fraction of sp³-hybridized carbons (Fsp3) is 0.818. The van der Waals surface area contributed by atoms with Gasteiger partial charge in [-0.3, -0.25) is 9.59 Å². The van der Waals surface area contributed by atoms with Gasteiger partial charge in [0.25, 0.3) is 0 Å². The molecule has 0 bridgehead atoms. The molecule has 0 aromatic carbocycles. The molecule has 4 heteroatoms. The Balaban J connectivity index is 1.75. The molecular weight excluding hydrogens is 328 g/mol. The van der Waals surface area contributed by atoms with Crippen LogP contribution in [-0.2, 0) is 14.3 Å². The van der Waals surface area contributed by atoms with Crippen LogP contribution in [0, 0.1) is 28.6 Å². The molecule has 0 saturated heterocycles. The van der Waals surface area contributed by atoms with Crippen molar-refractivity contribution in [1.82, 2.24) is 0 Å². The zero-order valence-corrected chi connectivity index (χ0v) is 16.5. The van der Waals surface area contributed by atoms with Crippen molar-refractivity contribution in [3.63, 3.8) is 0 Å². The predicted molar refractivity (Wildman–Crippen MR) is 98.5 cm³/mol. The summed E-state index contributed by atoms with van der Waals surface area (Å²) in [5, 5.41) is 11.2. The van der Waals surface area contributed by atoms with Gasteiger partial charge in [0.05, 0.1) is 6.10 Å². The highest BCUT2D eigenvalue weighted by Crippen LogP contribution is 2.67. The molecule has 144 valence electrons. The minimum atomic E-state index is -1.18. The van der Waals surface area contributed by atoms with E-state index < -0.39 is 5.60 Å². The SMILES string of the molecule is CO[C@H]1C[C@@H]2[C@H](CC[C@@]3(C)[C@H]2CC[C@]3(O)C(C)=O)[C@@]2(C)CCC(=O)C=C12. The number of fused-ring (bicyclic) bond motifs is 5. The molecule has 26 heavy (non-hydrogen) atoms. The van der Waals surface area contributed by atoms with Crippen LogP contribution < -0.4 is 0 Å². The molecule has 7 atom stereocenters. The van der Waals surface area contributed by atoms with Gasteiger partial charge in [0, 0.05) is 18.9 Å². The Morgan fingerprint density at radius 2 is 1.88 bits per heavy atom. The van der Waals surface area contributed by atoms with Gasteiger partial charge in [-0.2, -0.15) is 0 Å². The van der Waals surface area contributed by atoms with E-state index in [1.807, 2.05) is 6.08 Å². The first kappa shape index (κ1) is 18.4. The van der Waals surface area contributed by atoms with E-state index in [1.54, 1.807) is 14.0 Å². The van der Waals surface area contributed by atoms with Crippen molar-refractivity contribution in [2.45, 2.75) is 77.4 Å². The van der Waals surface area contributed by atoms with E-state index >= 15 is 0 Å². The second-order valence-corrected chi connectivity index (χ2v) is 9.73. The topological polar surface area (TPSA) is 63.6 Å². The molecule has 1 N–H and O–H groups in total. The largest absolute Gasteiger partial charge is 0.382 e. The molecular formula is C22H32O4. The van der Waals surface area contributed by atoms with Crippen LogP contribution in [0.4, 0.5) is 0 Å². The van der Waals surface area contributed by atoms with E-state index in [0.717, 1.165) is 32.1 Å². The second kappa shape index (κ2) is 5.75. The molecule has 3 saturated carbocycles. The van der Waals surface area contributed by atoms with Gasteiger partial charge in [-0.1, -0.05) is 13.8 Å². The summed E-state index contributed by atoms with van der Waals surface area (Å²) < 4.78 is 5.85. The molecule has 3 fully saturated rings. The van der Waals surface area contributed by atoms with E-state index in [9.17, 15) is 14.7 Å². The molecule has 0 aliphatic heterocycles. The highest BCUT2D eigenvalue weighted by atomic mass is 16.5. The number of ketones is 2. The Labute approximate surface area is 156 Å². The molecule has 0 aromatic heterocycles. The van der Waals surface area contributed by atoms with Crippen molar-refractivity contribution in [2.75, 3.05) is 7.11 Å². The molecule has 0 spiro atoms. The van der Waals surface area contributed by atoms with Crippen LogP contribution >= 0.6 is 0 Å². The van der Waals surface area contributed by atoms with Gasteiger partial charge in [-0.05, 0) is 80.3 Å². The number of Topliss-reactive ketones (excluding diaryl/α,β-unsaturated/α-hetero) is 1. The minimum absolute atomic E-state index is 0.00969. The number of hydrogen-bond donors (Lipinski definition) is 1. The summed E-state index contributed by atoms with van der Waals surface area (Å²) >= 11 is 0. The first-order valence-corrected chi connectivity index (χ1v) is 10.2. The number of ether oxygens (including phenoxy) is 1. The summed E-state index contributed by atoms with van der Waals surface area (Å²) in [4.78, 5) is 24.4. The van der Waals surface area contributed by atoms with Gasteiger partial charge >= 0.3 is 0 Å². The standard InChI is InChI=1S/C22H32O4/c1-13(23)22(25)10-7-17-15-12-19(26-4)18-11-14(24)5-8-20(18,2)16(15)6-9-21(17,22)3/h11,15-17,19,25H,5-10,12H2,1-4H3/t15-,16+,17+,19+,20-,21+,22+/m1/s1. The van der Waals surface area contributed by atoms with Crippen molar-refractivity contribution in [3.8, 4) is 0 Å². The summed E-state index contributed by atoms with van der Waals surface area (Å²) in [5.74, 6) is 1.47. The predicted octanol–water partition coefficient (Wildman–Crippen LogP) is 3.46. The summed E-state index contributed by atoms with van der Waals surface area (Å²) in [6.07, 6.45) is 7.69. The summed E-state index contributed by atoms with van der Waals surface area (Å²) in [5.41, 5.74) is -0.304. The van der Waals surface area contributed by atoms with Crippen molar-refractivity contribution >= 4 is 11.6 Å². The maximum atomic E-state index is 12.3. The van der Waals surface area contributed by atoms with E-state index in [1.165, 1.54) is 5.57 Å². The van der Waals surface area contributed by atoms with Crippen molar-refractivity contribution in [3.05, 3.63) is 11.6 Å². The lowest BCUT2D eigenvalue weighted by molar-refractivity contribution is -0.163. The number of carbonyl (C=O) groups is 2. The Hall–Kier alpha value is -1.00. The third-order valence-corrected chi connectivity index (χ3v) is 8.97. The van der Waals surface area contributed by atoms with Gasteiger partial charge in [-0.25, -0.2) is 0 Å². The molecule has 4 aliphatic rings. The smallest absolute Gasteiger partial charge is 0.161 e. The lowest BCUT2D eigenvalue weighted by Gasteiger charge is -2.60. The zero-order valence-electron chi connectivity index (χ0n) is 16.5. The molecule has 0 unspecified atom stereocenters. The fourth-order valence-corrected chi connectivity index (χ4v) is 7.40. The Morgan fingerprint density at radius 3 is 2.54 bits per heavy atom. The monoisotopic (exact) mass is 360 g/mol. The lowest BCUT2D eigenvalue weighted by atomic mass is 9.45. The van der Waals surface area contributed by atoms with Crippen LogP contribution in [0.2, 0.25) is 0 Å². The van der Waals surface area contributed by atoms with Crippen LogP contribution in [0.1, 0.15) is 65.7 Å². The van der Waals surface area contributed by atoms with Crippen LogP contribution in [0.25, 0.3) is 0 Å². The van der Waals surface area contributed by atoms with E-state index in [0.29, 0.717) is 30.6 Å². The molecule has 0 radical (unpaired) electrons. The highest BCUT2D eigenvalue weighted by molar-refractivity contribution is 5.92. The average molecular weight is 360 g/mol. The van der Waals surface area contributed by atoms with Crippen LogP contribution in [0.5, 0.6) is 0 Å². The normalized spacial score (nSPS) is 50.5. The van der Waals surface area contributed by atoms with E-state index in [2.05, 4.69) is 13.8 Å². The highest BCUT2D eigenvalue weighted by Gasteiger charge is 2.66. The molecule has 0 amide bonds. The van der Waals surface area contributed by atoms with Crippen LogP contribution in [0.3, 0.4) is 0 Å². The maximum Gasteiger partial charge on any atom is 0.161 e. The van der Waals surface area contributed by atoms with E-state index in [4.69, 9.17) is 4.74 Å². The Kier molecular flexibility index (Phi) is 4.06. The third kappa shape index (κ3) is 2.15. The zero-order chi connectivity index (χ0) is 18.9. The van der Waals surface area contributed by atoms with Crippen LogP contribution in [-0.4, -0.2) is 35.5 Å². The molecule has 4 aliphatic carbocycles. The second-order valence-electron chi connectivity index (χ2n) is 9.73. The summed E-state index contributed by atoms with van der Waals surface area (Å²) in [7, 11) is 1.74. The summed E-state index contributed by atoms with van der Waals surface area (Å²) in [6.45, 7) is 6.01. The Bertz CT molecular complexity index is 682. The minimum Gasteiger partial charge on any atom is -0.382 e. The molecule has 4 nitrogen and oxygen atoms in total. The molecule has 0 heterocycles. The first-order valence-electron chi connectivity index (χ1n) is 10.2. The van der Waals surface area contributed by atoms with Crippen LogP contribution in [0.15, 0.2) is 11.6 Å². The molecule has 0 aromatic rings. The van der Waals surface area contributed by atoms with Gasteiger partial charge in [0.15, 0.2) is 11.6 Å². The number of aliphatic hydroxyl groups is 1. The van der Waals surface area contributed by atoms with E-state index in [-0.39, 0.29) is 28.5 Å². The summed E-state index contributed by atoms with van der Waals surface area (Å²) in [6, 6.07) is 0. The lowest BCUT2D eigenvalue weighted by Crippen LogP contribution is -2.58. The van der Waals surface area contributed by atoms with Gasteiger partial charge in [0.2, 0.25) is 0 Å². The number of hydrogen-bond acceptors (Lipinski definition) is 4. The van der Waals surface area contributed by atoms with Gasteiger partial charge < -0.3 is 9.84 Å². The molecule has 4 rings (SSSR count). The van der Waals surface area contributed by atoms with Gasteiger partial charge in [0.1, 0.15) is 5.60 Å². The van der Waals surface area contributed by atoms with Crippen molar-refractivity contribution in [2.24, 2.45) is 28.6 Å². The fourth-order valence-electron chi connectivity index (χ4n) is 7.40. The number of methoxy groups -OCH3 is 1. The van der Waals surface area contributed by atoms with Gasteiger partial charge in [-0.15, -0.1) is 0 Å². The average Bonchev–Trinajstić information content (AvgIpc) is 2.88. The maximum absolute atomic E-state index is 12.3. The Morgan fingerprint density at radius 1 is 1.19 bits per heavy atom. The van der Waals surface area contributed by atoms with Crippen molar-refractivity contribution < 1.29 is 19.4 Å². The van der Waals surface area contributed by atoms with Crippen molar-refractivity contribution in [1.29, 1.82) is 0 Å². The quantitative estimate of drug-likeness (QED) is 0.819.